The van der Waals surface area contributed by atoms with E-state index in [0.717, 1.165) is 28.7 Å². The van der Waals surface area contributed by atoms with Gasteiger partial charge >= 0.3 is 11.9 Å². The van der Waals surface area contributed by atoms with Crippen molar-refractivity contribution in [3.8, 4) is 0 Å². The molecule has 0 aromatic heterocycles. The molecule has 0 aromatic rings. The smallest absolute Gasteiger partial charge is 0.319 e. The lowest BCUT2D eigenvalue weighted by atomic mass is 9.50. The topological polar surface area (TPSA) is 71.1 Å². The van der Waals surface area contributed by atoms with Crippen LogP contribution in [0, 0.1) is 28.6 Å². The summed E-state index contributed by atoms with van der Waals surface area (Å²) in [5.74, 6) is -0.836. The van der Waals surface area contributed by atoms with Crippen LogP contribution < -0.4 is 0 Å². The van der Waals surface area contributed by atoms with E-state index in [0.29, 0.717) is 19.8 Å². The summed E-state index contributed by atoms with van der Waals surface area (Å²) >= 11 is 0. The van der Waals surface area contributed by atoms with Crippen molar-refractivity contribution < 1.29 is 28.5 Å². The van der Waals surface area contributed by atoms with Gasteiger partial charge in [-0.15, -0.1) is 0 Å². The van der Waals surface area contributed by atoms with Crippen LogP contribution in [0.25, 0.3) is 0 Å². The predicted molar refractivity (Wildman–Crippen MR) is 108 cm³/mol. The molecule has 0 spiro atoms. The first kappa shape index (κ1) is 19.8. The fourth-order valence-corrected chi connectivity index (χ4v) is 6.66. The van der Waals surface area contributed by atoms with Gasteiger partial charge in [0.2, 0.25) is 0 Å². The summed E-state index contributed by atoms with van der Waals surface area (Å²) in [6.45, 7) is 5.80. The molecule has 6 heteroatoms. The Labute approximate surface area is 176 Å². The van der Waals surface area contributed by atoms with E-state index in [1.807, 2.05) is 0 Å². The van der Waals surface area contributed by atoms with Crippen molar-refractivity contribution in [1.82, 2.24) is 0 Å². The van der Waals surface area contributed by atoms with Crippen LogP contribution in [0.4, 0.5) is 0 Å². The molecule has 0 radical (unpaired) electrons. The van der Waals surface area contributed by atoms with Gasteiger partial charge in [-0.05, 0) is 31.4 Å². The first-order valence-electron chi connectivity index (χ1n) is 10.5. The Morgan fingerprint density at radius 2 is 1.87 bits per heavy atom. The third-order valence-electron chi connectivity index (χ3n) is 8.03. The molecule has 5 unspecified atom stereocenters. The molecular formula is C24H28O6. The highest BCUT2D eigenvalue weighted by Crippen LogP contribution is 2.63. The Morgan fingerprint density at radius 1 is 1.10 bits per heavy atom. The van der Waals surface area contributed by atoms with E-state index in [-0.39, 0.29) is 36.3 Å². The first-order valence-corrected chi connectivity index (χ1v) is 10.5. The lowest BCUT2D eigenvalue weighted by Gasteiger charge is -2.51. The van der Waals surface area contributed by atoms with Gasteiger partial charge in [0.05, 0.1) is 40.6 Å². The quantitative estimate of drug-likeness (QED) is 0.650. The normalized spacial score (nSPS) is 39.1. The molecular weight excluding hydrogens is 384 g/mol. The number of ether oxygens (including phenoxy) is 4. The molecule has 160 valence electrons. The fraction of sp³-hybridized carbons (Fsp3) is 0.583. The second-order valence-electron chi connectivity index (χ2n) is 9.22. The van der Waals surface area contributed by atoms with Crippen molar-refractivity contribution >= 4 is 11.9 Å². The van der Waals surface area contributed by atoms with Crippen LogP contribution in [-0.2, 0) is 28.5 Å². The monoisotopic (exact) mass is 412 g/mol. The second-order valence-corrected chi connectivity index (χ2v) is 9.22. The molecule has 0 N–H and O–H groups in total. The molecule has 30 heavy (non-hydrogen) atoms. The van der Waals surface area contributed by atoms with Crippen molar-refractivity contribution in [3.05, 3.63) is 46.1 Å². The number of carbonyl (C=O) groups is 2. The van der Waals surface area contributed by atoms with Crippen LogP contribution >= 0.6 is 0 Å². The first-order chi connectivity index (χ1) is 14.4. The minimum absolute atomic E-state index is 0.0606. The number of methoxy groups -OCH3 is 2. The van der Waals surface area contributed by atoms with Gasteiger partial charge in [-0.2, -0.15) is 0 Å². The van der Waals surface area contributed by atoms with Crippen molar-refractivity contribution in [3.63, 3.8) is 0 Å². The zero-order chi connectivity index (χ0) is 21.3. The zero-order valence-corrected chi connectivity index (χ0v) is 17.9. The predicted octanol–water partition coefficient (Wildman–Crippen LogP) is 2.76. The van der Waals surface area contributed by atoms with E-state index in [1.165, 1.54) is 19.8 Å². The zero-order valence-electron chi connectivity index (χ0n) is 17.9. The van der Waals surface area contributed by atoms with E-state index in [4.69, 9.17) is 18.9 Å². The maximum absolute atomic E-state index is 13.3. The molecule has 0 amide bonds. The lowest BCUT2D eigenvalue weighted by Crippen LogP contribution is -2.54. The van der Waals surface area contributed by atoms with Gasteiger partial charge in [-0.1, -0.05) is 34.9 Å². The third-order valence-corrected chi connectivity index (χ3v) is 8.03. The molecule has 5 atom stereocenters. The number of rotatable bonds is 2. The SMILES string of the molecule is COC(=O)C12COCC1=CC(C)=C1C2C=CC2=C(C)CC3COCC3(C(=O)OC)C21. The minimum Gasteiger partial charge on any atom is -0.468 e. The summed E-state index contributed by atoms with van der Waals surface area (Å²) in [7, 11) is 2.88. The van der Waals surface area contributed by atoms with E-state index in [1.54, 1.807) is 0 Å². The Morgan fingerprint density at radius 3 is 2.60 bits per heavy atom. The van der Waals surface area contributed by atoms with Gasteiger partial charge in [0, 0.05) is 17.8 Å². The van der Waals surface area contributed by atoms with E-state index < -0.39 is 10.8 Å². The van der Waals surface area contributed by atoms with Crippen LogP contribution in [0.3, 0.4) is 0 Å². The van der Waals surface area contributed by atoms with Gasteiger partial charge < -0.3 is 18.9 Å². The molecule has 6 nitrogen and oxygen atoms in total. The minimum atomic E-state index is -0.872. The number of allylic oxidation sites excluding steroid dienone is 7. The molecule has 2 aliphatic heterocycles. The van der Waals surface area contributed by atoms with E-state index in [9.17, 15) is 9.59 Å². The molecule has 3 aliphatic carbocycles. The second kappa shape index (κ2) is 6.66. The third kappa shape index (κ3) is 2.21. The van der Waals surface area contributed by atoms with Crippen LogP contribution in [0.1, 0.15) is 20.3 Å². The Hall–Kier alpha value is -2.18. The molecule has 2 saturated heterocycles. The van der Waals surface area contributed by atoms with E-state index in [2.05, 4.69) is 32.1 Å². The van der Waals surface area contributed by atoms with Crippen molar-refractivity contribution in [2.24, 2.45) is 28.6 Å². The Kier molecular flexibility index (Phi) is 4.39. The highest BCUT2D eigenvalue weighted by Gasteiger charge is 2.65. The number of carbonyl (C=O) groups excluding carboxylic acids is 2. The van der Waals surface area contributed by atoms with Crippen LogP contribution in [0.5, 0.6) is 0 Å². The van der Waals surface area contributed by atoms with Gasteiger partial charge in [0.15, 0.2) is 0 Å². The summed E-state index contributed by atoms with van der Waals surface area (Å²) in [5.41, 5.74) is 3.94. The summed E-state index contributed by atoms with van der Waals surface area (Å²) in [6, 6.07) is 0. The van der Waals surface area contributed by atoms with Gasteiger partial charge in [-0.3, -0.25) is 9.59 Å². The van der Waals surface area contributed by atoms with Crippen molar-refractivity contribution in [1.29, 1.82) is 0 Å². The summed E-state index contributed by atoms with van der Waals surface area (Å²) in [6.07, 6.45) is 7.13. The molecule has 5 aliphatic rings. The van der Waals surface area contributed by atoms with Crippen LogP contribution in [0.2, 0.25) is 0 Å². The van der Waals surface area contributed by atoms with Gasteiger partial charge in [-0.25, -0.2) is 0 Å². The molecule has 0 aromatic carbocycles. The average molecular weight is 412 g/mol. The van der Waals surface area contributed by atoms with E-state index >= 15 is 0 Å². The maximum atomic E-state index is 13.3. The fourth-order valence-electron chi connectivity index (χ4n) is 6.66. The number of hydrogen-bond acceptors (Lipinski definition) is 6. The lowest BCUT2D eigenvalue weighted by molar-refractivity contribution is -0.158. The van der Waals surface area contributed by atoms with Crippen LogP contribution in [-0.4, -0.2) is 52.6 Å². The molecule has 0 saturated carbocycles. The largest absolute Gasteiger partial charge is 0.468 e. The highest BCUT2D eigenvalue weighted by molar-refractivity contribution is 5.86. The van der Waals surface area contributed by atoms with Crippen LogP contribution in [0.15, 0.2) is 46.1 Å². The standard InChI is InChI=1S/C24H28O6/c1-13-7-16-10-30-12-24(16,22(26)28-4)20-17(13)5-6-18-19(20)14(2)8-15-9-29-11-23(15,18)21(25)27-3/h5-6,8,16,18,20H,7,9-12H2,1-4H3. The molecule has 2 fully saturated rings. The average Bonchev–Trinajstić information content (AvgIpc) is 3.37. The highest BCUT2D eigenvalue weighted by atomic mass is 16.5. The van der Waals surface area contributed by atoms with Gasteiger partial charge in [0.1, 0.15) is 10.8 Å². The number of esters is 2. The maximum Gasteiger partial charge on any atom is 0.319 e. The summed E-state index contributed by atoms with van der Waals surface area (Å²) in [4.78, 5) is 26.4. The van der Waals surface area contributed by atoms with Gasteiger partial charge in [0.25, 0.3) is 0 Å². The number of hydrogen-bond donors (Lipinski definition) is 0. The Bertz CT molecular complexity index is 953. The molecule has 2 heterocycles. The van der Waals surface area contributed by atoms with Crippen molar-refractivity contribution in [2.45, 2.75) is 20.3 Å². The number of fused-ring (bicyclic) bond motifs is 7. The summed E-state index contributed by atoms with van der Waals surface area (Å²) in [5, 5.41) is 0. The summed E-state index contributed by atoms with van der Waals surface area (Å²) < 4.78 is 22.3. The van der Waals surface area contributed by atoms with Crippen molar-refractivity contribution in [2.75, 3.05) is 40.6 Å². The molecule has 5 rings (SSSR count). The molecule has 0 bridgehead atoms. The Balaban J connectivity index is 1.77.